The van der Waals surface area contributed by atoms with Gasteiger partial charge in [0.05, 0.1) is 13.2 Å². The Labute approximate surface area is 113 Å². The van der Waals surface area contributed by atoms with Crippen molar-refractivity contribution in [3.63, 3.8) is 0 Å². The van der Waals surface area contributed by atoms with E-state index in [0.29, 0.717) is 19.7 Å². The highest BCUT2D eigenvalue weighted by atomic mass is 19.1. The Balaban J connectivity index is 2.09. The van der Waals surface area contributed by atoms with Gasteiger partial charge in [-0.3, -0.25) is 4.79 Å². The number of ether oxygens (including phenoxy) is 1. The molecule has 0 bridgehead atoms. The molecule has 1 unspecified atom stereocenters. The molecule has 19 heavy (non-hydrogen) atoms. The number of carbonyl (C=O) groups is 1. The second kappa shape index (κ2) is 5.29. The Bertz CT molecular complexity index is 450. The van der Waals surface area contributed by atoms with E-state index in [1.807, 2.05) is 25.7 Å². The smallest absolute Gasteiger partial charge is 0.228 e. The van der Waals surface area contributed by atoms with Gasteiger partial charge >= 0.3 is 0 Å². The highest BCUT2D eigenvalue weighted by Gasteiger charge is 2.31. The fourth-order valence-corrected chi connectivity index (χ4v) is 2.19. The van der Waals surface area contributed by atoms with Gasteiger partial charge in [0, 0.05) is 12.0 Å². The summed E-state index contributed by atoms with van der Waals surface area (Å²) in [5, 5.41) is 0. The van der Waals surface area contributed by atoms with Crippen molar-refractivity contribution in [2.24, 2.45) is 5.41 Å². The number of benzene rings is 1. The molecule has 0 aliphatic carbocycles. The summed E-state index contributed by atoms with van der Waals surface area (Å²) in [6, 6.07) is 6.27. The molecule has 1 aromatic carbocycles. The summed E-state index contributed by atoms with van der Waals surface area (Å²) in [6.45, 7) is 7.41. The Hall–Kier alpha value is -1.42. The lowest BCUT2D eigenvalue weighted by molar-refractivity contribution is -0.147. The summed E-state index contributed by atoms with van der Waals surface area (Å²) in [5.41, 5.74) is 0.526. The maximum Gasteiger partial charge on any atom is 0.228 e. The first-order valence-electron chi connectivity index (χ1n) is 6.54. The van der Waals surface area contributed by atoms with Crippen molar-refractivity contribution >= 4 is 5.91 Å². The van der Waals surface area contributed by atoms with E-state index in [4.69, 9.17) is 4.74 Å². The highest BCUT2D eigenvalue weighted by Crippen LogP contribution is 2.26. The molecule has 1 aliphatic rings. The zero-order valence-corrected chi connectivity index (χ0v) is 11.6. The van der Waals surface area contributed by atoms with Crippen LogP contribution in [0.2, 0.25) is 0 Å². The van der Waals surface area contributed by atoms with Crippen LogP contribution in [-0.2, 0) is 9.53 Å². The van der Waals surface area contributed by atoms with Crippen molar-refractivity contribution in [3.8, 4) is 0 Å². The van der Waals surface area contributed by atoms with E-state index in [1.165, 1.54) is 12.1 Å². The van der Waals surface area contributed by atoms with Gasteiger partial charge < -0.3 is 9.64 Å². The monoisotopic (exact) mass is 265 g/mol. The minimum Gasteiger partial charge on any atom is -0.370 e. The highest BCUT2D eigenvalue weighted by molar-refractivity contribution is 5.81. The van der Waals surface area contributed by atoms with Gasteiger partial charge in [-0.05, 0) is 17.7 Å². The molecule has 0 radical (unpaired) electrons. The Morgan fingerprint density at radius 1 is 1.32 bits per heavy atom. The van der Waals surface area contributed by atoms with Crippen molar-refractivity contribution in [2.75, 3.05) is 19.7 Å². The number of rotatable bonds is 1. The van der Waals surface area contributed by atoms with Gasteiger partial charge in [-0.25, -0.2) is 4.39 Å². The molecule has 1 heterocycles. The van der Waals surface area contributed by atoms with E-state index in [0.717, 1.165) is 5.56 Å². The summed E-state index contributed by atoms with van der Waals surface area (Å²) < 4.78 is 18.6. The SMILES string of the molecule is CC(C)(C)C(=O)N1CCOC(c2ccc(F)cc2)C1. The predicted molar refractivity (Wildman–Crippen MR) is 71.1 cm³/mol. The van der Waals surface area contributed by atoms with Crippen molar-refractivity contribution < 1.29 is 13.9 Å². The first-order valence-corrected chi connectivity index (χ1v) is 6.54. The third-order valence-corrected chi connectivity index (χ3v) is 3.24. The van der Waals surface area contributed by atoms with Crippen LogP contribution in [0.3, 0.4) is 0 Å². The predicted octanol–water partition coefficient (Wildman–Crippen LogP) is 2.77. The van der Waals surface area contributed by atoms with Crippen molar-refractivity contribution in [1.29, 1.82) is 0 Å². The Morgan fingerprint density at radius 2 is 1.95 bits per heavy atom. The number of nitrogens with zero attached hydrogens (tertiary/aromatic N) is 1. The summed E-state index contributed by atoms with van der Waals surface area (Å²) in [7, 11) is 0. The maximum absolute atomic E-state index is 12.9. The number of halogens is 1. The fraction of sp³-hybridized carbons (Fsp3) is 0.533. The van der Waals surface area contributed by atoms with E-state index in [1.54, 1.807) is 12.1 Å². The molecular formula is C15H20FNO2. The second-order valence-corrected chi connectivity index (χ2v) is 5.91. The molecule has 0 spiro atoms. The maximum atomic E-state index is 12.9. The molecule has 4 heteroatoms. The first kappa shape index (κ1) is 14.0. The first-order chi connectivity index (χ1) is 8.88. The minimum absolute atomic E-state index is 0.128. The number of amides is 1. The van der Waals surface area contributed by atoms with Crippen LogP contribution in [0.25, 0.3) is 0 Å². The number of hydrogen-bond acceptors (Lipinski definition) is 2. The summed E-state index contributed by atoms with van der Waals surface area (Å²) >= 11 is 0. The van der Waals surface area contributed by atoms with E-state index < -0.39 is 0 Å². The number of carbonyl (C=O) groups excluding carboxylic acids is 1. The van der Waals surface area contributed by atoms with Crippen LogP contribution in [-0.4, -0.2) is 30.5 Å². The molecule has 0 saturated carbocycles. The summed E-state index contributed by atoms with van der Waals surface area (Å²) in [4.78, 5) is 14.1. The topological polar surface area (TPSA) is 29.5 Å². The van der Waals surface area contributed by atoms with Crippen LogP contribution >= 0.6 is 0 Å². The van der Waals surface area contributed by atoms with E-state index in [-0.39, 0.29) is 23.2 Å². The van der Waals surface area contributed by atoms with Gasteiger partial charge in [0.25, 0.3) is 0 Å². The molecule has 1 amide bonds. The average molecular weight is 265 g/mol. The Morgan fingerprint density at radius 3 is 2.53 bits per heavy atom. The molecule has 0 aromatic heterocycles. The van der Waals surface area contributed by atoms with Crippen LogP contribution in [0.1, 0.15) is 32.4 Å². The fourth-order valence-electron chi connectivity index (χ4n) is 2.19. The van der Waals surface area contributed by atoms with Crippen LogP contribution in [0.5, 0.6) is 0 Å². The summed E-state index contributed by atoms with van der Waals surface area (Å²) in [5.74, 6) is -0.134. The standard InChI is InChI=1S/C15H20FNO2/c1-15(2,3)14(18)17-8-9-19-13(10-17)11-4-6-12(16)7-5-11/h4-7,13H,8-10H2,1-3H3. The van der Waals surface area contributed by atoms with Gasteiger partial charge in [-0.2, -0.15) is 0 Å². The second-order valence-electron chi connectivity index (χ2n) is 5.91. The van der Waals surface area contributed by atoms with Crippen molar-refractivity contribution in [1.82, 2.24) is 4.90 Å². The van der Waals surface area contributed by atoms with Crippen LogP contribution in [0, 0.1) is 11.2 Å². The molecule has 1 aliphatic heterocycles. The lowest BCUT2D eigenvalue weighted by atomic mass is 9.94. The molecule has 1 saturated heterocycles. The number of hydrogen-bond donors (Lipinski definition) is 0. The van der Waals surface area contributed by atoms with Gasteiger partial charge in [-0.1, -0.05) is 32.9 Å². The lowest BCUT2D eigenvalue weighted by Crippen LogP contribution is -2.46. The molecule has 0 N–H and O–H groups in total. The summed E-state index contributed by atoms with van der Waals surface area (Å²) in [6.07, 6.45) is -0.166. The third-order valence-electron chi connectivity index (χ3n) is 3.24. The zero-order chi connectivity index (χ0) is 14.0. The molecule has 1 fully saturated rings. The zero-order valence-electron chi connectivity index (χ0n) is 11.6. The largest absolute Gasteiger partial charge is 0.370 e. The molecule has 1 atom stereocenters. The molecule has 104 valence electrons. The van der Waals surface area contributed by atoms with Crippen molar-refractivity contribution in [3.05, 3.63) is 35.6 Å². The quantitative estimate of drug-likeness (QED) is 0.781. The average Bonchev–Trinajstić information content (AvgIpc) is 2.38. The third kappa shape index (κ3) is 3.32. The van der Waals surface area contributed by atoms with Crippen molar-refractivity contribution in [2.45, 2.75) is 26.9 Å². The van der Waals surface area contributed by atoms with Gasteiger partial charge in [0.15, 0.2) is 0 Å². The van der Waals surface area contributed by atoms with Crippen LogP contribution in [0.4, 0.5) is 4.39 Å². The Kier molecular flexibility index (Phi) is 3.90. The van der Waals surface area contributed by atoms with E-state index in [2.05, 4.69) is 0 Å². The van der Waals surface area contributed by atoms with Gasteiger partial charge in [0.1, 0.15) is 11.9 Å². The lowest BCUT2D eigenvalue weighted by Gasteiger charge is -2.36. The van der Waals surface area contributed by atoms with E-state index in [9.17, 15) is 9.18 Å². The van der Waals surface area contributed by atoms with Gasteiger partial charge in [-0.15, -0.1) is 0 Å². The van der Waals surface area contributed by atoms with Gasteiger partial charge in [0.2, 0.25) is 5.91 Å². The molecule has 2 rings (SSSR count). The van der Waals surface area contributed by atoms with Crippen LogP contribution < -0.4 is 0 Å². The van der Waals surface area contributed by atoms with Crippen LogP contribution in [0.15, 0.2) is 24.3 Å². The molecule has 1 aromatic rings. The molecule has 3 nitrogen and oxygen atoms in total. The normalized spacial score (nSPS) is 20.4. The minimum atomic E-state index is -0.384. The number of morpholine rings is 1. The van der Waals surface area contributed by atoms with E-state index >= 15 is 0 Å². The molecular weight excluding hydrogens is 245 g/mol.